The van der Waals surface area contributed by atoms with E-state index in [1.54, 1.807) is 186 Å². The van der Waals surface area contributed by atoms with Crippen molar-refractivity contribution in [3.8, 4) is 21.1 Å². The second-order valence-corrected chi connectivity index (χ2v) is 27.1. The molecule has 0 fully saturated rings. The number of nitrogens with two attached hydrogens (primary N) is 1. The fourth-order valence-electron chi connectivity index (χ4n) is 8.27. The lowest BCUT2D eigenvalue weighted by Gasteiger charge is -2.26. The molecule has 10 aromatic rings. The number of ether oxygens (including phenoxy) is 4. The minimum absolute atomic E-state index is 0.0494. The van der Waals surface area contributed by atoms with Crippen LogP contribution in [0.5, 0.6) is 0 Å². The van der Waals surface area contributed by atoms with Crippen molar-refractivity contribution in [2.75, 3.05) is 20.9 Å². The number of rotatable bonds is 11. The molecule has 0 bridgehead atoms. The van der Waals surface area contributed by atoms with Crippen molar-refractivity contribution in [2.24, 2.45) is 14.1 Å². The van der Waals surface area contributed by atoms with Crippen LogP contribution >= 0.6 is 45.9 Å². The molecule has 8 heterocycles. The average Bonchev–Trinajstić information content (AvgIpc) is 1.70. The molecule has 0 saturated carbocycles. The molecule has 0 aliphatic rings. The lowest BCUT2D eigenvalue weighted by Crippen LogP contribution is -2.34. The van der Waals surface area contributed by atoms with Gasteiger partial charge in [0.05, 0.1) is 70.1 Å². The molecule has 0 spiro atoms. The molecule has 29 nitrogen and oxygen atoms in total. The highest BCUT2D eigenvalue weighted by molar-refractivity contribution is 7.19. The van der Waals surface area contributed by atoms with Gasteiger partial charge in [-0.1, -0.05) is 45.9 Å². The fraction of sp³-hybridized carbons (Fsp3) is 0.333. The largest absolute Gasteiger partial charge is 0.481 e. The molecule has 0 aliphatic carbocycles. The van der Waals surface area contributed by atoms with Crippen LogP contribution in [0.15, 0.2) is 98.1 Å². The molecule has 0 atom stereocenters. The number of anilines is 6. The molecule has 8 aromatic heterocycles. The summed E-state index contributed by atoms with van der Waals surface area (Å²) in [6, 6.07) is 13.2. The molecular formula is C60H66Cl2N18O11S2. The highest BCUT2D eigenvalue weighted by Crippen LogP contribution is 2.43. The number of aliphatic carboxylic acids is 1. The predicted octanol–water partition coefficient (Wildman–Crippen LogP) is 12.5. The van der Waals surface area contributed by atoms with Crippen molar-refractivity contribution in [1.29, 1.82) is 0 Å². The van der Waals surface area contributed by atoms with Crippen molar-refractivity contribution >= 4 is 137 Å². The summed E-state index contributed by atoms with van der Waals surface area (Å²) in [7, 11) is 3.53. The number of carbonyl (C=O) groups is 6. The minimum atomic E-state index is -0.838. The smallest absolute Gasteiger partial charge is 0.435 e. The molecular weight excluding hydrogens is 1280 g/mol. The van der Waals surface area contributed by atoms with Crippen LogP contribution in [0.2, 0.25) is 10.0 Å². The molecule has 488 valence electrons. The van der Waals surface area contributed by atoms with Gasteiger partial charge in [-0.3, -0.25) is 19.0 Å². The molecule has 10 rings (SSSR count). The lowest BCUT2D eigenvalue weighted by atomic mass is 10.2. The number of hydrogen-bond donors (Lipinski definition) is 3. The van der Waals surface area contributed by atoms with E-state index >= 15 is 0 Å². The molecule has 0 unspecified atom stereocenters. The number of nitrogen functional groups attached to an aromatic ring is 1. The highest BCUT2D eigenvalue weighted by Gasteiger charge is 2.34. The SMILES string of the molecule is CC(C)(C)OC(=O)N(c1nnc(-c2ccnc(N)c2)s1)c1ccc2c(cnn2C(=O)OC(C)(C)C)c1Cl.Cn1cc(CC(=O)Nc2cc(-c3nnc(N(C(=O)OC(C)(C)C)c4ccc5c(cnn5C(=O)OC(C)(C)C)c4Cl)s3)ccn2)cn1.Cn1cc(CC(=O)O)cn1. The molecule has 33 heteroatoms. The monoisotopic (exact) mass is 1350 g/mol. The summed E-state index contributed by atoms with van der Waals surface area (Å²) in [4.78, 5) is 85.8. The van der Waals surface area contributed by atoms with Crippen LogP contribution in [-0.2, 0) is 55.5 Å². The second-order valence-electron chi connectivity index (χ2n) is 24.4. The quantitative estimate of drug-likeness (QED) is 0.101. The number of nitrogens with one attached hydrogen (secondary N) is 1. The van der Waals surface area contributed by atoms with Gasteiger partial charge in [0.25, 0.3) is 0 Å². The zero-order valence-electron chi connectivity index (χ0n) is 53.0. The van der Waals surface area contributed by atoms with Crippen LogP contribution in [0.3, 0.4) is 0 Å². The van der Waals surface area contributed by atoms with Gasteiger partial charge in [-0.25, -0.2) is 38.9 Å². The van der Waals surface area contributed by atoms with Gasteiger partial charge in [0.2, 0.25) is 16.2 Å². The number of aryl methyl sites for hydroxylation is 2. The molecule has 0 saturated heterocycles. The van der Waals surface area contributed by atoms with Gasteiger partial charge in [0.1, 0.15) is 44.1 Å². The number of nitrogens with zero attached hydrogens (tertiary/aromatic N) is 16. The third-order valence-electron chi connectivity index (χ3n) is 11.9. The molecule has 2 aromatic carbocycles. The zero-order valence-corrected chi connectivity index (χ0v) is 56.1. The third kappa shape index (κ3) is 18.2. The van der Waals surface area contributed by atoms with Gasteiger partial charge in [-0.05, 0) is 137 Å². The van der Waals surface area contributed by atoms with E-state index in [1.807, 2.05) is 0 Å². The maximum Gasteiger partial charge on any atom is 0.435 e. The topological polar surface area (TPSA) is 353 Å². The molecule has 3 amide bonds. The Labute approximate surface area is 550 Å². The Kier molecular flexibility index (Phi) is 20.6. The van der Waals surface area contributed by atoms with Crippen molar-refractivity contribution in [1.82, 2.24) is 69.5 Å². The molecule has 93 heavy (non-hydrogen) atoms. The first-order chi connectivity index (χ1) is 43.5. The van der Waals surface area contributed by atoms with Gasteiger partial charge >= 0.3 is 30.3 Å². The number of carbonyl (C=O) groups excluding carboxylic acids is 5. The van der Waals surface area contributed by atoms with Crippen molar-refractivity contribution in [3.63, 3.8) is 0 Å². The van der Waals surface area contributed by atoms with E-state index in [9.17, 15) is 28.8 Å². The van der Waals surface area contributed by atoms with Crippen LogP contribution < -0.4 is 20.9 Å². The number of carboxylic acid groups (broad SMARTS) is 1. The van der Waals surface area contributed by atoms with Crippen molar-refractivity contribution < 1.29 is 52.8 Å². The first-order valence-electron chi connectivity index (χ1n) is 28.2. The Morgan fingerprint density at radius 1 is 0.559 bits per heavy atom. The summed E-state index contributed by atoms with van der Waals surface area (Å²) in [5, 5.41) is 46.9. The van der Waals surface area contributed by atoms with E-state index in [0.29, 0.717) is 54.6 Å². The molecule has 0 aliphatic heterocycles. The number of hydrogen-bond acceptors (Lipinski definition) is 23. The van der Waals surface area contributed by atoms with E-state index in [4.69, 9.17) is 53.0 Å². The van der Waals surface area contributed by atoms with Crippen LogP contribution in [0, 0.1) is 0 Å². The van der Waals surface area contributed by atoms with Gasteiger partial charge < -0.3 is 35.1 Å². The Balaban J connectivity index is 0.000000211. The maximum atomic E-state index is 13.6. The molecule has 0 radical (unpaired) electrons. The Bertz CT molecular complexity index is 4410. The van der Waals surface area contributed by atoms with E-state index in [-0.39, 0.29) is 50.4 Å². The number of pyridine rings is 2. The average molecular weight is 1350 g/mol. The van der Waals surface area contributed by atoms with Gasteiger partial charge in [0.15, 0.2) is 0 Å². The van der Waals surface area contributed by atoms with Crippen molar-refractivity contribution in [3.05, 3.63) is 119 Å². The summed E-state index contributed by atoms with van der Waals surface area (Å²) in [5.41, 5.74) is 6.86. The maximum absolute atomic E-state index is 13.6. The van der Waals surface area contributed by atoms with Gasteiger partial charge in [0, 0.05) is 66.3 Å². The number of carboxylic acids is 1. The summed E-state index contributed by atoms with van der Waals surface area (Å²) < 4.78 is 27.7. The Morgan fingerprint density at radius 3 is 1.38 bits per heavy atom. The number of benzene rings is 2. The Morgan fingerprint density at radius 2 is 0.978 bits per heavy atom. The normalized spacial score (nSPS) is 11.7. The molecule has 4 N–H and O–H groups in total. The van der Waals surface area contributed by atoms with Gasteiger partial charge in [-0.2, -0.15) is 29.8 Å². The van der Waals surface area contributed by atoms with Crippen LogP contribution in [-0.4, -0.2) is 133 Å². The third-order valence-corrected chi connectivity index (χ3v) is 14.6. The fourth-order valence-corrected chi connectivity index (χ4v) is 10.5. The lowest BCUT2D eigenvalue weighted by molar-refractivity contribution is -0.136. The first kappa shape index (κ1) is 68.9. The number of fused-ring (bicyclic) bond motifs is 2. The van der Waals surface area contributed by atoms with Crippen LogP contribution in [0.1, 0.15) is 94.2 Å². The van der Waals surface area contributed by atoms with Crippen LogP contribution in [0.4, 0.5) is 52.5 Å². The standard InChI is InChI=1S/C30H32ClN9O5S.C24H26ClN7O4S.C6H8N2O2/c1-29(2,3)44-27(42)39(21-9-8-20-19(24(21)31)15-34-40(20)28(43)45-30(4,5)6)26-37-36-25(46-26)18-10-11-32-22(13-18)35-23(41)12-17-14-33-38(7)16-17;1-23(2,3)35-21(33)31(20-30-29-19(37-20)13-9-10-27-17(26)11-13)16-8-7-15-14(18(16)25)12-28-32(15)22(34)36-24(4,5)6;1-8-4-5(3-7-8)2-6(9)10/h8-11,13-16H,12H2,1-7H3,(H,32,35,41);7-12H,1-6H3,(H2,26,27);3-4H,2H2,1H3,(H,9,10). The Hall–Kier alpha value is -9.98. The van der Waals surface area contributed by atoms with E-state index in [0.717, 1.165) is 43.2 Å². The van der Waals surface area contributed by atoms with Crippen LogP contribution in [0.25, 0.3) is 42.9 Å². The van der Waals surface area contributed by atoms with E-state index < -0.39 is 52.7 Å². The number of halogens is 2. The predicted molar refractivity (Wildman–Crippen MR) is 350 cm³/mol. The summed E-state index contributed by atoms with van der Waals surface area (Å²) in [6.07, 6.45) is 9.99. The second kappa shape index (κ2) is 27.9. The van der Waals surface area contributed by atoms with Gasteiger partial charge in [-0.15, -0.1) is 20.4 Å². The minimum Gasteiger partial charge on any atom is -0.481 e. The highest BCUT2D eigenvalue weighted by atomic mass is 35.5. The number of aromatic nitrogens is 14. The summed E-state index contributed by atoms with van der Waals surface area (Å²) >= 11 is 15.9. The zero-order chi connectivity index (χ0) is 68.1. The number of amides is 3. The summed E-state index contributed by atoms with van der Waals surface area (Å²) in [6.45, 7) is 21.0. The first-order valence-corrected chi connectivity index (χ1v) is 30.6. The summed E-state index contributed by atoms with van der Waals surface area (Å²) in [5.74, 6) is -0.434. The van der Waals surface area contributed by atoms with Crippen molar-refractivity contribution in [2.45, 2.75) is 118 Å². The van der Waals surface area contributed by atoms with E-state index in [2.05, 4.69) is 56.1 Å². The van der Waals surface area contributed by atoms with E-state index in [1.165, 1.54) is 28.4 Å².